The molecule has 2 aromatic carbocycles. The Hall–Kier alpha value is -3.47. The molecule has 0 aliphatic carbocycles. The minimum Gasteiger partial charge on any atom is -0.322 e. The summed E-state index contributed by atoms with van der Waals surface area (Å²) in [5, 5.41) is 7.79. The highest BCUT2D eigenvalue weighted by Gasteiger charge is 2.08. The van der Waals surface area contributed by atoms with Crippen LogP contribution >= 0.6 is 0 Å². The lowest BCUT2D eigenvalue weighted by Crippen LogP contribution is -2.15. The molecule has 0 bridgehead atoms. The Morgan fingerprint density at radius 2 is 1.79 bits per heavy atom. The molecule has 1 aromatic heterocycles. The molecule has 0 saturated heterocycles. The number of carbonyl (C=O) groups is 1. The van der Waals surface area contributed by atoms with E-state index in [1.54, 1.807) is 48.7 Å². The predicted molar refractivity (Wildman–Crippen MR) is 108 cm³/mol. The van der Waals surface area contributed by atoms with Crippen molar-refractivity contribution in [2.24, 2.45) is 5.14 Å². The largest absolute Gasteiger partial charge is 0.322 e. The first-order valence-corrected chi connectivity index (χ1v) is 10.0. The number of nitrogens with zero attached hydrogens (tertiary/aromatic N) is 1. The summed E-state index contributed by atoms with van der Waals surface area (Å²) in [6.45, 7) is 0. The van der Waals surface area contributed by atoms with Gasteiger partial charge in [-0.05, 0) is 53.9 Å². The van der Waals surface area contributed by atoms with Crippen LogP contribution in [0.3, 0.4) is 0 Å². The van der Waals surface area contributed by atoms with Crippen molar-refractivity contribution in [1.82, 2.24) is 4.98 Å². The Balaban J connectivity index is 1.70. The van der Waals surface area contributed by atoms with E-state index in [-0.39, 0.29) is 11.7 Å². The first kappa shape index (κ1) is 19.3. The quantitative estimate of drug-likeness (QED) is 0.667. The highest BCUT2D eigenvalue weighted by Crippen LogP contribution is 2.13. The molecule has 3 N–H and O–H groups in total. The molecule has 140 valence electrons. The molecule has 28 heavy (non-hydrogen) atoms. The van der Waals surface area contributed by atoms with Crippen LogP contribution in [0, 0.1) is 11.8 Å². The molecule has 3 aromatic rings. The number of anilines is 1. The van der Waals surface area contributed by atoms with Gasteiger partial charge >= 0.3 is 0 Å². The maximum Gasteiger partial charge on any atom is 0.255 e. The molecule has 0 fully saturated rings. The number of nitrogens with two attached hydrogens (primary N) is 1. The third-order valence-electron chi connectivity index (χ3n) is 3.70. The number of sulfonamides is 1. The fourth-order valence-electron chi connectivity index (χ4n) is 2.43. The van der Waals surface area contributed by atoms with Gasteiger partial charge in [0.1, 0.15) is 5.69 Å². The van der Waals surface area contributed by atoms with E-state index in [0.717, 1.165) is 0 Å². The van der Waals surface area contributed by atoms with Gasteiger partial charge in [-0.2, -0.15) is 0 Å². The van der Waals surface area contributed by atoms with Crippen molar-refractivity contribution in [2.45, 2.75) is 5.75 Å². The maximum atomic E-state index is 12.5. The number of nitrogens with one attached hydrogen (secondary N) is 1. The number of aromatic nitrogens is 1. The van der Waals surface area contributed by atoms with Crippen LogP contribution in [-0.4, -0.2) is 19.3 Å². The van der Waals surface area contributed by atoms with Gasteiger partial charge < -0.3 is 5.32 Å². The van der Waals surface area contributed by atoms with Crippen molar-refractivity contribution >= 4 is 21.6 Å². The summed E-state index contributed by atoms with van der Waals surface area (Å²) < 4.78 is 22.2. The molecule has 0 atom stereocenters. The van der Waals surface area contributed by atoms with Gasteiger partial charge in [0.2, 0.25) is 10.0 Å². The highest BCUT2D eigenvalue weighted by atomic mass is 32.2. The lowest BCUT2D eigenvalue weighted by Gasteiger charge is -2.07. The Kier molecular flexibility index (Phi) is 5.84. The fraction of sp³-hybridized carbons (Fsp3) is 0.0476. The molecule has 0 aliphatic heterocycles. The summed E-state index contributed by atoms with van der Waals surface area (Å²) in [4.78, 5) is 16.6. The Morgan fingerprint density at radius 3 is 2.46 bits per heavy atom. The Labute approximate surface area is 163 Å². The van der Waals surface area contributed by atoms with E-state index in [2.05, 4.69) is 22.1 Å². The number of carbonyl (C=O) groups excluding carboxylic acids is 1. The maximum absolute atomic E-state index is 12.5. The Bertz CT molecular complexity index is 1150. The van der Waals surface area contributed by atoms with Gasteiger partial charge in [-0.1, -0.05) is 30.2 Å². The van der Waals surface area contributed by atoms with Crippen LogP contribution < -0.4 is 10.5 Å². The number of primary sulfonamides is 1. The van der Waals surface area contributed by atoms with E-state index in [1.165, 1.54) is 0 Å². The molecule has 3 rings (SSSR count). The smallest absolute Gasteiger partial charge is 0.255 e. The van der Waals surface area contributed by atoms with Crippen molar-refractivity contribution in [3.05, 3.63) is 95.3 Å². The second-order valence-corrected chi connectivity index (χ2v) is 7.62. The molecule has 7 heteroatoms. The van der Waals surface area contributed by atoms with Crippen LogP contribution in [0.25, 0.3) is 0 Å². The van der Waals surface area contributed by atoms with Gasteiger partial charge in [0, 0.05) is 23.0 Å². The molecular weight excluding hydrogens is 374 g/mol. The summed E-state index contributed by atoms with van der Waals surface area (Å²) in [5.74, 6) is 5.39. The minimum atomic E-state index is -3.59. The van der Waals surface area contributed by atoms with Gasteiger partial charge in [-0.15, -0.1) is 0 Å². The molecule has 6 nitrogen and oxygen atoms in total. The summed E-state index contributed by atoms with van der Waals surface area (Å²) in [7, 11) is -3.59. The topological polar surface area (TPSA) is 102 Å². The van der Waals surface area contributed by atoms with E-state index in [4.69, 9.17) is 5.14 Å². The van der Waals surface area contributed by atoms with Crippen LogP contribution in [-0.2, 0) is 15.8 Å². The SMILES string of the molecule is NS(=O)(=O)Cc1ccc(NC(=O)c2cccc(C#Cc3ccccn3)c2)cc1. The van der Waals surface area contributed by atoms with Gasteiger partial charge in [0.25, 0.3) is 5.91 Å². The second-order valence-electron chi connectivity index (χ2n) is 6.00. The lowest BCUT2D eigenvalue weighted by molar-refractivity contribution is 0.102. The van der Waals surface area contributed by atoms with E-state index >= 15 is 0 Å². The van der Waals surface area contributed by atoms with Crippen LogP contribution in [0.2, 0.25) is 0 Å². The number of hydrogen-bond acceptors (Lipinski definition) is 4. The summed E-state index contributed by atoms with van der Waals surface area (Å²) >= 11 is 0. The van der Waals surface area contributed by atoms with Crippen molar-refractivity contribution in [3.63, 3.8) is 0 Å². The standard InChI is InChI=1S/C21H17N3O3S/c22-28(26,27)15-17-8-11-20(12-9-17)24-21(25)18-5-3-4-16(14-18)7-10-19-6-1-2-13-23-19/h1-6,8-9,11-14H,15H2,(H,24,25)(H2,22,26,27). The summed E-state index contributed by atoms with van der Waals surface area (Å²) in [6.07, 6.45) is 1.67. The van der Waals surface area contributed by atoms with Crippen LogP contribution in [0.5, 0.6) is 0 Å². The van der Waals surface area contributed by atoms with Gasteiger partial charge in [-0.25, -0.2) is 18.5 Å². The molecule has 1 amide bonds. The lowest BCUT2D eigenvalue weighted by atomic mass is 10.1. The zero-order valence-electron chi connectivity index (χ0n) is 14.8. The number of rotatable bonds is 4. The zero-order valence-corrected chi connectivity index (χ0v) is 15.6. The summed E-state index contributed by atoms with van der Waals surface area (Å²) in [5.41, 5.74) is 2.90. The minimum absolute atomic E-state index is 0.252. The van der Waals surface area contributed by atoms with Crippen molar-refractivity contribution < 1.29 is 13.2 Å². The molecular formula is C21H17N3O3S. The first-order chi connectivity index (χ1) is 13.4. The van der Waals surface area contributed by atoms with E-state index in [9.17, 15) is 13.2 Å². The molecule has 0 radical (unpaired) electrons. The molecule has 0 spiro atoms. The zero-order chi connectivity index (χ0) is 20.0. The Morgan fingerprint density at radius 1 is 1.00 bits per heavy atom. The van der Waals surface area contributed by atoms with E-state index < -0.39 is 10.0 Å². The monoisotopic (exact) mass is 391 g/mol. The van der Waals surface area contributed by atoms with Gasteiger partial charge in [-0.3, -0.25) is 4.79 Å². The molecule has 0 saturated carbocycles. The number of benzene rings is 2. The average Bonchev–Trinajstić information content (AvgIpc) is 2.68. The van der Waals surface area contributed by atoms with Crippen LogP contribution in [0.4, 0.5) is 5.69 Å². The average molecular weight is 391 g/mol. The number of pyridine rings is 1. The van der Waals surface area contributed by atoms with Crippen molar-refractivity contribution in [1.29, 1.82) is 0 Å². The van der Waals surface area contributed by atoms with E-state index in [1.807, 2.05) is 24.3 Å². The third kappa shape index (κ3) is 5.77. The number of amides is 1. The highest BCUT2D eigenvalue weighted by molar-refractivity contribution is 7.88. The van der Waals surface area contributed by atoms with Crippen molar-refractivity contribution in [3.8, 4) is 11.8 Å². The third-order valence-corrected chi connectivity index (χ3v) is 4.44. The molecule has 0 unspecified atom stereocenters. The van der Waals surface area contributed by atoms with Crippen molar-refractivity contribution in [2.75, 3.05) is 5.32 Å². The fourth-order valence-corrected chi connectivity index (χ4v) is 3.09. The number of hydrogen-bond donors (Lipinski definition) is 2. The van der Waals surface area contributed by atoms with Crippen LogP contribution in [0.1, 0.15) is 27.2 Å². The first-order valence-electron chi connectivity index (χ1n) is 8.33. The van der Waals surface area contributed by atoms with Gasteiger partial charge in [0.15, 0.2) is 0 Å². The van der Waals surface area contributed by atoms with Gasteiger partial charge in [0.05, 0.1) is 5.75 Å². The molecule has 1 heterocycles. The van der Waals surface area contributed by atoms with Crippen LogP contribution in [0.15, 0.2) is 72.9 Å². The predicted octanol–water partition coefficient (Wildman–Crippen LogP) is 2.52. The van der Waals surface area contributed by atoms with E-state index in [0.29, 0.717) is 28.1 Å². The molecule has 0 aliphatic rings. The normalized spacial score (nSPS) is 10.6. The second kappa shape index (κ2) is 8.48. The summed E-state index contributed by atoms with van der Waals surface area (Å²) in [6, 6.07) is 18.9.